The van der Waals surface area contributed by atoms with E-state index < -0.39 is 6.04 Å². The molecular weight excluding hydrogens is 474 g/mol. The van der Waals surface area contributed by atoms with E-state index in [-0.39, 0.29) is 17.1 Å². The normalized spacial score (nSPS) is 14.8. The van der Waals surface area contributed by atoms with Crippen molar-refractivity contribution in [2.45, 2.75) is 66.0 Å². The van der Waals surface area contributed by atoms with Crippen LogP contribution in [0.15, 0.2) is 69.9 Å². The van der Waals surface area contributed by atoms with Gasteiger partial charge in [0, 0.05) is 6.54 Å². The Morgan fingerprint density at radius 3 is 2.32 bits per heavy atom. The van der Waals surface area contributed by atoms with E-state index in [2.05, 4.69) is 6.92 Å². The van der Waals surface area contributed by atoms with Crippen LogP contribution in [-0.4, -0.2) is 17.4 Å². The molecule has 0 fully saturated rings. The monoisotopic (exact) mass is 509 g/mol. The summed E-state index contributed by atoms with van der Waals surface area (Å²) in [6, 6.07) is 19.2. The molecule has 4 aromatic rings. The molecule has 0 spiro atoms. The standard InChI is InChI=1S/C33H35NO4/c1-5-6-7-8-17-37-26-15-13-25(14-16-26)29-28-30(35)27-19-22(3)18-23(4)31(27)38-32(28)33(36)34(29)20-24-11-9-21(2)10-12-24/h9-16,18-19,29H,5-8,17,20H2,1-4H3. The number of nitrogens with zero attached hydrogens (tertiary/aromatic N) is 1. The van der Waals surface area contributed by atoms with Crippen molar-refractivity contribution in [1.82, 2.24) is 4.90 Å². The number of rotatable bonds is 9. The number of carbonyl (C=O) groups is 1. The SMILES string of the molecule is CCCCCCOc1ccc(C2c3c(oc4c(C)cc(C)cc4c3=O)C(=O)N2Cc2ccc(C)cc2)cc1. The number of hydrogen-bond donors (Lipinski definition) is 0. The van der Waals surface area contributed by atoms with Gasteiger partial charge in [-0.2, -0.15) is 0 Å². The van der Waals surface area contributed by atoms with E-state index in [1.54, 1.807) is 4.90 Å². The van der Waals surface area contributed by atoms with Crippen LogP contribution in [0.25, 0.3) is 11.0 Å². The minimum absolute atomic E-state index is 0.141. The summed E-state index contributed by atoms with van der Waals surface area (Å²) >= 11 is 0. The molecule has 196 valence electrons. The highest BCUT2D eigenvalue weighted by Gasteiger charge is 2.42. The van der Waals surface area contributed by atoms with Gasteiger partial charge < -0.3 is 14.1 Å². The molecule has 38 heavy (non-hydrogen) atoms. The van der Waals surface area contributed by atoms with E-state index in [1.807, 2.05) is 81.4 Å². The third kappa shape index (κ3) is 4.98. The first kappa shape index (κ1) is 25.8. The molecular formula is C33H35NO4. The van der Waals surface area contributed by atoms with Gasteiger partial charge in [0.25, 0.3) is 5.91 Å². The summed E-state index contributed by atoms with van der Waals surface area (Å²) in [5.74, 6) is 0.667. The van der Waals surface area contributed by atoms with Gasteiger partial charge in [-0.3, -0.25) is 9.59 Å². The van der Waals surface area contributed by atoms with Crippen molar-refractivity contribution < 1.29 is 13.9 Å². The maximum absolute atomic E-state index is 13.9. The van der Waals surface area contributed by atoms with Gasteiger partial charge in [-0.25, -0.2) is 0 Å². The Bertz CT molecular complexity index is 1520. The number of unbranched alkanes of at least 4 members (excludes halogenated alkanes) is 3. The van der Waals surface area contributed by atoms with Crippen LogP contribution in [-0.2, 0) is 6.54 Å². The molecule has 0 radical (unpaired) electrons. The highest BCUT2D eigenvalue weighted by atomic mass is 16.5. The van der Waals surface area contributed by atoms with E-state index >= 15 is 0 Å². The molecule has 2 heterocycles. The number of amides is 1. The van der Waals surface area contributed by atoms with Crippen LogP contribution < -0.4 is 10.2 Å². The van der Waals surface area contributed by atoms with Crippen molar-refractivity contribution in [2.24, 2.45) is 0 Å². The molecule has 1 unspecified atom stereocenters. The predicted molar refractivity (Wildman–Crippen MR) is 151 cm³/mol. The van der Waals surface area contributed by atoms with Crippen molar-refractivity contribution in [3.8, 4) is 5.75 Å². The maximum atomic E-state index is 13.9. The van der Waals surface area contributed by atoms with Crippen molar-refractivity contribution in [1.29, 1.82) is 0 Å². The van der Waals surface area contributed by atoms with Gasteiger partial charge in [-0.1, -0.05) is 74.2 Å². The summed E-state index contributed by atoms with van der Waals surface area (Å²) in [6.07, 6.45) is 4.59. The number of carbonyl (C=O) groups excluding carboxylic acids is 1. The smallest absolute Gasteiger partial charge is 0.291 e. The van der Waals surface area contributed by atoms with Crippen LogP contribution in [0.5, 0.6) is 5.75 Å². The fourth-order valence-corrected chi connectivity index (χ4v) is 5.34. The molecule has 1 aliphatic heterocycles. The Balaban J connectivity index is 1.55. The van der Waals surface area contributed by atoms with Crippen LogP contribution in [0.4, 0.5) is 0 Å². The van der Waals surface area contributed by atoms with E-state index in [0.717, 1.165) is 46.4 Å². The minimum atomic E-state index is -0.543. The number of hydrogen-bond acceptors (Lipinski definition) is 4. The molecule has 1 atom stereocenters. The minimum Gasteiger partial charge on any atom is -0.494 e. The van der Waals surface area contributed by atoms with Crippen LogP contribution in [0, 0.1) is 20.8 Å². The summed E-state index contributed by atoms with van der Waals surface area (Å²) in [4.78, 5) is 29.5. The van der Waals surface area contributed by atoms with Gasteiger partial charge >= 0.3 is 0 Å². The zero-order chi connectivity index (χ0) is 26.8. The van der Waals surface area contributed by atoms with Gasteiger partial charge in [0.1, 0.15) is 11.3 Å². The number of ether oxygens (including phenoxy) is 1. The summed E-state index contributed by atoms with van der Waals surface area (Å²) < 4.78 is 12.2. The van der Waals surface area contributed by atoms with Gasteiger partial charge in [-0.05, 0) is 67.6 Å². The quantitative estimate of drug-likeness (QED) is 0.220. The molecule has 1 aliphatic rings. The summed E-state index contributed by atoms with van der Waals surface area (Å²) in [6.45, 7) is 9.16. The summed E-state index contributed by atoms with van der Waals surface area (Å²) in [5, 5.41) is 0.517. The van der Waals surface area contributed by atoms with Crippen molar-refractivity contribution in [3.63, 3.8) is 0 Å². The van der Waals surface area contributed by atoms with Gasteiger partial charge in [-0.15, -0.1) is 0 Å². The molecule has 0 saturated heterocycles. The first-order chi connectivity index (χ1) is 18.4. The Hall–Kier alpha value is -3.86. The highest BCUT2D eigenvalue weighted by molar-refractivity contribution is 5.99. The summed E-state index contributed by atoms with van der Waals surface area (Å²) in [7, 11) is 0. The Morgan fingerprint density at radius 1 is 0.868 bits per heavy atom. The third-order valence-electron chi connectivity index (χ3n) is 7.33. The molecule has 5 nitrogen and oxygen atoms in total. The number of benzene rings is 3. The average molecular weight is 510 g/mol. The lowest BCUT2D eigenvalue weighted by molar-refractivity contribution is 0.0714. The second kappa shape index (κ2) is 10.9. The Morgan fingerprint density at radius 2 is 1.61 bits per heavy atom. The fourth-order valence-electron chi connectivity index (χ4n) is 5.34. The van der Waals surface area contributed by atoms with Crippen LogP contribution in [0.3, 0.4) is 0 Å². The zero-order valence-corrected chi connectivity index (χ0v) is 22.7. The van der Waals surface area contributed by atoms with Gasteiger partial charge in [0.15, 0.2) is 5.43 Å². The van der Waals surface area contributed by atoms with Crippen LogP contribution in [0.1, 0.15) is 82.6 Å². The molecule has 1 amide bonds. The Kier molecular flexibility index (Phi) is 7.37. The lowest BCUT2D eigenvalue weighted by Gasteiger charge is -2.25. The second-order valence-electron chi connectivity index (χ2n) is 10.4. The molecule has 5 heteroatoms. The topological polar surface area (TPSA) is 59.8 Å². The average Bonchev–Trinajstić information content (AvgIpc) is 3.18. The zero-order valence-electron chi connectivity index (χ0n) is 22.7. The fraction of sp³-hybridized carbons (Fsp3) is 0.333. The number of fused-ring (bicyclic) bond motifs is 2. The van der Waals surface area contributed by atoms with Crippen LogP contribution in [0.2, 0.25) is 0 Å². The molecule has 3 aromatic carbocycles. The van der Waals surface area contributed by atoms with E-state index in [0.29, 0.717) is 29.7 Å². The molecule has 1 aromatic heterocycles. The molecule has 0 bridgehead atoms. The van der Waals surface area contributed by atoms with Gasteiger partial charge in [0.05, 0.1) is 23.6 Å². The van der Waals surface area contributed by atoms with E-state index in [4.69, 9.17) is 9.15 Å². The lowest BCUT2D eigenvalue weighted by Crippen LogP contribution is -2.29. The molecule has 0 N–H and O–H groups in total. The first-order valence-electron chi connectivity index (χ1n) is 13.5. The Labute approximate surface area is 224 Å². The lowest BCUT2D eigenvalue weighted by atomic mass is 9.97. The molecule has 0 aliphatic carbocycles. The van der Waals surface area contributed by atoms with Crippen molar-refractivity contribution >= 4 is 16.9 Å². The molecule has 5 rings (SSSR count). The van der Waals surface area contributed by atoms with Crippen LogP contribution >= 0.6 is 0 Å². The van der Waals surface area contributed by atoms with E-state index in [1.165, 1.54) is 12.8 Å². The number of aryl methyl sites for hydroxylation is 3. The molecule has 0 saturated carbocycles. The third-order valence-corrected chi connectivity index (χ3v) is 7.33. The van der Waals surface area contributed by atoms with E-state index in [9.17, 15) is 9.59 Å². The van der Waals surface area contributed by atoms with Gasteiger partial charge in [0.2, 0.25) is 5.76 Å². The largest absolute Gasteiger partial charge is 0.494 e. The maximum Gasteiger partial charge on any atom is 0.291 e. The van der Waals surface area contributed by atoms with Crippen molar-refractivity contribution in [3.05, 3.63) is 110 Å². The highest BCUT2D eigenvalue weighted by Crippen LogP contribution is 2.40. The predicted octanol–water partition coefficient (Wildman–Crippen LogP) is 7.42. The summed E-state index contributed by atoms with van der Waals surface area (Å²) in [5.41, 5.74) is 5.59. The first-order valence-corrected chi connectivity index (χ1v) is 13.5. The second-order valence-corrected chi connectivity index (χ2v) is 10.4. The van der Waals surface area contributed by atoms with Crippen molar-refractivity contribution in [2.75, 3.05) is 6.61 Å².